The molecule has 26 heavy (non-hydrogen) atoms. The van der Waals surface area contributed by atoms with Crippen LogP contribution in [0, 0.1) is 0 Å². The predicted octanol–water partition coefficient (Wildman–Crippen LogP) is 5.76. The second-order valence-electron chi connectivity index (χ2n) is 5.19. The van der Waals surface area contributed by atoms with Crippen LogP contribution in [0.3, 0.4) is 0 Å². The number of carbonyl (C=O) groups is 1. The molecule has 1 aromatic heterocycles. The van der Waals surface area contributed by atoms with Gasteiger partial charge in [0.25, 0.3) is 0 Å². The molecule has 0 amide bonds. The summed E-state index contributed by atoms with van der Waals surface area (Å²) < 4.78 is 0.933. The van der Waals surface area contributed by atoms with E-state index in [1.165, 1.54) is 18.2 Å². The molecule has 0 saturated carbocycles. The van der Waals surface area contributed by atoms with E-state index < -0.39 is 5.97 Å². The molecule has 0 bridgehead atoms. The van der Waals surface area contributed by atoms with Gasteiger partial charge in [0.1, 0.15) is 5.71 Å². The lowest BCUT2D eigenvalue weighted by atomic mass is 10.0. The zero-order chi connectivity index (χ0) is 18.5. The van der Waals surface area contributed by atoms with Crippen molar-refractivity contribution in [2.24, 2.45) is 5.16 Å². The monoisotopic (exact) mass is 448 g/mol. The molecule has 4 nitrogen and oxygen atoms in total. The van der Waals surface area contributed by atoms with Gasteiger partial charge in [-0.2, -0.15) is 0 Å². The van der Waals surface area contributed by atoms with E-state index in [-0.39, 0.29) is 10.6 Å². The standard InChI is InChI=1S/C19H11BrCl2N2O2/c20-15-4-1-12(2-5-15)18(13-7-9-23-10-8-13)24-26-19(25)14-3-6-16(21)17(22)11-14/h1-11H/b24-18+. The summed E-state index contributed by atoms with van der Waals surface area (Å²) in [6.45, 7) is 0. The molecule has 0 unspecified atom stereocenters. The van der Waals surface area contributed by atoms with Gasteiger partial charge < -0.3 is 4.84 Å². The highest BCUT2D eigenvalue weighted by atomic mass is 79.9. The molecule has 0 spiro atoms. The number of hydrogen-bond donors (Lipinski definition) is 0. The molecule has 2 aromatic carbocycles. The van der Waals surface area contributed by atoms with Crippen LogP contribution in [0.25, 0.3) is 0 Å². The topological polar surface area (TPSA) is 51.5 Å². The molecule has 0 N–H and O–H groups in total. The third-order valence-corrected chi connectivity index (χ3v) is 4.71. The Labute approximate surface area is 168 Å². The number of carbonyl (C=O) groups excluding carboxylic acids is 1. The molecule has 0 aliphatic heterocycles. The Hall–Kier alpha value is -2.21. The molecule has 130 valence electrons. The van der Waals surface area contributed by atoms with Gasteiger partial charge in [-0.3, -0.25) is 4.98 Å². The SMILES string of the molecule is O=C(O/N=C(/c1ccncc1)c1ccc(Br)cc1)c1ccc(Cl)c(Cl)c1. The predicted molar refractivity (Wildman–Crippen MR) is 106 cm³/mol. The summed E-state index contributed by atoms with van der Waals surface area (Å²) in [4.78, 5) is 21.4. The second-order valence-corrected chi connectivity index (χ2v) is 6.92. The van der Waals surface area contributed by atoms with Crippen molar-refractivity contribution in [1.82, 2.24) is 4.98 Å². The number of rotatable bonds is 4. The van der Waals surface area contributed by atoms with Crippen molar-refractivity contribution in [3.05, 3.63) is 98.2 Å². The van der Waals surface area contributed by atoms with E-state index in [4.69, 9.17) is 28.0 Å². The zero-order valence-electron chi connectivity index (χ0n) is 13.2. The van der Waals surface area contributed by atoms with Crippen LogP contribution in [-0.2, 0) is 4.84 Å². The van der Waals surface area contributed by atoms with Crippen molar-refractivity contribution < 1.29 is 9.63 Å². The summed E-state index contributed by atoms with van der Waals surface area (Å²) in [5, 5.41) is 4.70. The number of nitrogens with zero attached hydrogens (tertiary/aromatic N) is 2. The molecule has 0 saturated heterocycles. The van der Waals surface area contributed by atoms with Crippen molar-refractivity contribution >= 4 is 50.8 Å². The van der Waals surface area contributed by atoms with E-state index >= 15 is 0 Å². The third-order valence-electron chi connectivity index (χ3n) is 3.45. The maximum atomic E-state index is 12.3. The fourth-order valence-electron chi connectivity index (χ4n) is 2.15. The van der Waals surface area contributed by atoms with Crippen LogP contribution in [0.5, 0.6) is 0 Å². The summed E-state index contributed by atoms with van der Waals surface area (Å²) >= 11 is 15.2. The molecule has 3 rings (SSSR count). The number of pyridine rings is 1. The van der Waals surface area contributed by atoms with Crippen LogP contribution in [0.15, 0.2) is 76.6 Å². The summed E-state index contributed by atoms with van der Waals surface area (Å²) in [6, 6.07) is 15.6. The Morgan fingerprint density at radius 3 is 2.15 bits per heavy atom. The fourth-order valence-corrected chi connectivity index (χ4v) is 2.71. The average molecular weight is 450 g/mol. The van der Waals surface area contributed by atoms with Crippen molar-refractivity contribution in [3.63, 3.8) is 0 Å². The second kappa shape index (κ2) is 8.45. The minimum absolute atomic E-state index is 0.257. The van der Waals surface area contributed by atoms with Gasteiger partial charge in [0.2, 0.25) is 0 Å². The van der Waals surface area contributed by atoms with Gasteiger partial charge in [0.05, 0.1) is 15.6 Å². The first kappa shape index (κ1) is 18.6. The molecular weight excluding hydrogens is 439 g/mol. The van der Waals surface area contributed by atoms with Crippen LogP contribution in [0.4, 0.5) is 0 Å². The van der Waals surface area contributed by atoms with Gasteiger partial charge in [-0.25, -0.2) is 4.79 Å². The molecule has 0 aliphatic rings. The smallest absolute Gasteiger partial charge is 0.312 e. The quantitative estimate of drug-likeness (QED) is 0.289. The highest BCUT2D eigenvalue weighted by Gasteiger charge is 2.13. The zero-order valence-corrected chi connectivity index (χ0v) is 16.3. The molecule has 3 aromatic rings. The Balaban J connectivity index is 1.92. The van der Waals surface area contributed by atoms with Crippen LogP contribution < -0.4 is 0 Å². The first-order valence-electron chi connectivity index (χ1n) is 7.45. The van der Waals surface area contributed by atoms with Crippen molar-refractivity contribution in [2.45, 2.75) is 0 Å². The first-order chi connectivity index (χ1) is 12.5. The highest BCUT2D eigenvalue weighted by molar-refractivity contribution is 9.10. The summed E-state index contributed by atoms with van der Waals surface area (Å²) in [5.41, 5.74) is 2.33. The summed E-state index contributed by atoms with van der Waals surface area (Å²) in [6.07, 6.45) is 3.29. The van der Waals surface area contributed by atoms with E-state index in [0.29, 0.717) is 10.7 Å². The van der Waals surface area contributed by atoms with E-state index in [9.17, 15) is 4.79 Å². The van der Waals surface area contributed by atoms with Crippen LogP contribution >= 0.6 is 39.1 Å². The number of halogens is 3. The minimum Gasteiger partial charge on any atom is -0.312 e. The fraction of sp³-hybridized carbons (Fsp3) is 0. The van der Waals surface area contributed by atoms with Crippen LogP contribution in [-0.4, -0.2) is 16.7 Å². The Bertz CT molecular complexity index is 961. The molecule has 1 heterocycles. The van der Waals surface area contributed by atoms with Gasteiger partial charge in [0, 0.05) is 28.0 Å². The van der Waals surface area contributed by atoms with Gasteiger partial charge in [-0.1, -0.05) is 56.4 Å². The molecule has 0 fully saturated rings. The van der Waals surface area contributed by atoms with Gasteiger partial charge >= 0.3 is 5.97 Å². The van der Waals surface area contributed by atoms with Gasteiger partial charge in [-0.15, -0.1) is 0 Å². The van der Waals surface area contributed by atoms with E-state index in [2.05, 4.69) is 26.1 Å². The third kappa shape index (κ3) is 4.49. The first-order valence-corrected chi connectivity index (χ1v) is 9.00. The number of hydrogen-bond acceptors (Lipinski definition) is 4. The molecule has 0 aliphatic carbocycles. The number of benzene rings is 2. The van der Waals surface area contributed by atoms with Crippen LogP contribution in [0.1, 0.15) is 21.5 Å². The molecule has 0 atom stereocenters. The summed E-state index contributed by atoms with van der Waals surface area (Å²) in [7, 11) is 0. The highest BCUT2D eigenvalue weighted by Crippen LogP contribution is 2.23. The summed E-state index contributed by atoms with van der Waals surface area (Å²) in [5.74, 6) is -0.632. The minimum atomic E-state index is -0.632. The maximum Gasteiger partial charge on any atom is 0.365 e. The van der Waals surface area contributed by atoms with Crippen LogP contribution in [0.2, 0.25) is 10.0 Å². The Kier molecular flexibility index (Phi) is 6.04. The van der Waals surface area contributed by atoms with Gasteiger partial charge in [-0.05, 0) is 42.5 Å². The van der Waals surface area contributed by atoms with E-state index in [1.54, 1.807) is 24.5 Å². The Morgan fingerprint density at radius 2 is 1.50 bits per heavy atom. The average Bonchev–Trinajstić information content (AvgIpc) is 2.66. The van der Waals surface area contributed by atoms with E-state index in [0.717, 1.165) is 15.6 Å². The largest absolute Gasteiger partial charge is 0.365 e. The van der Waals surface area contributed by atoms with Crippen molar-refractivity contribution in [2.75, 3.05) is 0 Å². The van der Waals surface area contributed by atoms with Crippen molar-refractivity contribution in [3.8, 4) is 0 Å². The lowest BCUT2D eigenvalue weighted by Crippen LogP contribution is -2.08. The van der Waals surface area contributed by atoms with Crippen molar-refractivity contribution in [1.29, 1.82) is 0 Å². The molecule has 7 heteroatoms. The number of oxime groups is 1. The Morgan fingerprint density at radius 1 is 0.885 bits per heavy atom. The lowest BCUT2D eigenvalue weighted by molar-refractivity contribution is 0.0517. The maximum absolute atomic E-state index is 12.3. The van der Waals surface area contributed by atoms with E-state index in [1.807, 2.05) is 24.3 Å². The lowest BCUT2D eigenvalue weighted by Gasteiger charge is -2.07. The normalized spacial score (nSPS) is 11.3. The molecule has 0 radical (unpaired) electrons. The molecular formula is C19H11BrCl2N2O2. The number of aromatic nitrogens is 1. The van der Waals surface area contributed by atoms with Gasteiger partial charge in [0.15, 0.2) is 0 Å².